The first-order valence-electron chi connectivity index (χ1n) is 5.89. The van der Waals surface area contributed by atoms with Gasteiger partial charge in [-0.2, -0.15) is 0 Å². The summed E-state index contributed by atoms with van der Waals surface area (Å²) in [5, 5.41) is 13.5. The molecule has 7 heteroatoms. The van der Waals surface area contributed by atoms with Crippen LogP contribution in [0.5, 0.6) is 5.75 Å². The largest absolute Gasteiger partial charge is 0.507 e. The normalized spacial score (nSPS) is 10.8. The molecule has 3 aromatic rings. The fourth-order valence-corrected chi connectivity index (χ4v) is 3.30. The third-order valence-electron chi connectivity index (χ3n) is 2.77. The number of carbonyl (C=O) groups excluding carboxylic acids is 1. The van der Waals surface area contributed by atoms with Crippen LogP contribution in [0.25, 0.3) is 10.2 Å². The number of thiazole rings is 1. The molecule has 106 valence electrons. The summed E-state index contributed by atoms with van der Waals surface area (Å²) in [7, 11) is 0. The van der Waals surface area contributed by atoms with Gasteiger partial charge in [-0.05, 0) is 36.4 Å². The van der Waals surface area contributed by atoms with Gasteiger partial charge in [0, 0.05) is 9.50 Å². The molecule has 0 saturated heterocycles. The molecule has 3 rings (SSSR count). The van der Waals surface area contributed by atoms with Gasteiger partial charge in [0.25, 0.3) is 5.91 Å². The van der Waals surface area contributed by atoms with Gasteiger partial charge in [0.1, 0.15) is 5.75 Å². The number of nitrogens with zero attached hydrogens (tertiary/aromatic N) is 1. The molecule has 0 aliphatic heterocycles. The van der Waals surface area contributed by atoms with Crippen LogP contribution >= 0.6 is 38.9 Å². The smallest absolute Gasteiger partial charge is 0.261 e. The third kappa shape index (κ3) is 3.02. The minimum absolute atomic E-state index is 0.0835. The Bertz CT molecular complexity index is 850. The van der Waals surface area contributed by atoms with E-state index in [1.165, 1.54) is 17.4 Å². The summed E-state index contributed by atoms with van der Waals surface area (Å²) in [4.78, 5) is 16.5. The van der Waals surface area contributed by atoms with Crippen LogP contribution in [0.1, 0.15) is 10.4 Å². The molecule has 0 unspecified atom stereocenters. The first-order chi connectivity index (χ1) is 10.0. The van der Waals surface area contributed by atoms with Gasteiger partial charge in [-0.25, -0.2) is 4.98 Å². The average Bonchev–Trinajstić information content (AvgIpc) is 2.82. The van der Waals surface area contributed by atoms with Crippen molar-refractivity contribution in [2.24, 2.45) is 0 Å². The van der Waals surface area contributed by atoms with E-state index in [4.69, 9.17) is 11.6 Å². The number of hydrogen-bond acceptors (Lipinski definition) is 4. The maximum Gasteiger partial charge on any atom is 0.261 e. The molecule has 0 aliphatic rings. The molecule has 2 aromatic carbocycles. The van der Waals surface area contributed by atoms with Crippen LogP contribution in [0.15, 0.2) is 40.9 Å². The van der Waals surface area contributed by atoms with Crippen molar-refractivity contribution >= 4 is 60.1 Å². The molecule has 4 nitrogen and oxygen atoms in total. The second-order valence-corrected chi connectivity index (χ2v) is 6.63. The lowest BCUT2D eigenvalue weighted by atomic mass is 10.2. The van der Waals surface area contributed by atoms with Gasteiger partial charge in [-0.3, -0.25) is 10.1 Å². The number of aromatic nitrogens is 1. The predicted molar refractivity (Wildman–Crippen MR) is 88.4 cm³/mol. The van der Waals surface area contributed by atoms with E-state index in [1.807, 2.05) is 0 Å². The molecule has 1 aromatic heterocycles. The van der Waals surface area contributed by atoms with E-state index in [-0.39, 0.29) is 11.3 Å². The first-order valence-corrected chi connectivity index (χ1v) is 7.87. The standard InChI is InChI=1S/C14H8BrClN2O2S/c15-7-1-4-11(19)9(5-7)13(20)18-14-17-10-3-2-8(16)6-12(10)21-14/h1-6,19H,(H,17,18,20). The van der Waals surface area contributed by atoms with Crippen molar-refractivity contribution < 1.29 is 9.90 Å². The van der Waals surface area contributed by atoms with E-state index in [2.05, 4.69) is 26.2 Å². The van der Waals surface area contributed by atoms with Crippen LogP contribution in [0.3, 0.4) is 0 Å². The van der Waals surface area contributed by atoms with Gasteiger partial charge in [-0.1, -0.05) is 38.9 Å². The van der Waals surface area contributed by atoms with Crippen molar-refractivity contribution in [3.63, 3.8) is 0 Å². The molecule has 21 heavy (non-hydrogen) atoms. The van der Waals surface area contributed by atoms with E-state index in [1.54, 1.807) is 30.3 Å². The zero-order chi connectivity index (χ0) is 15.0. The summed E-state index contributed by atoms with van der Waals surface area (Å²) in [5.74, 6) is -0.501. The maximum atomic E-state index is 12.2. The van der Waals surface area contributed by atoms with Crippen LogP contribution < -0.4 is 5.32 Å². The Morgan fingerprint density at radius 1 is 1.29 bits per heavy atom. The van der Waals surface area contributed by atoms with Crippen LogP contribution in [-0.4, -0.2) is 16.0 Å². The van der Waals surface area contributed by atoms with Crippen LogP contribution in [-0.2, 0) is 0 Å². The predicted octanol–water partition coefficient (Wildman–Crippen LogP) is 4.67. The minimum Gasteiger partial charge on any atom is -0.507 e. The first kappa shape index (κ1) is 14.3. The lowest BCUT2D eigenvalue weighted by Gasteiger charge is -2.04. The zero-order valence-electron chi connectivity index (χ0n) is 10.4. The Labute approximate surface area is 137 Å². The van der Waals surface area contributed by atoms with Gasteiger partial charge >= 0.3 is 0 Å². The Morgan fingerprint density at radius 3 is 2.90 bits per heavy atom. The third-order valence-corrected chi connectivity index (χ3v) is 4.44. The van der Waals surface area contributed by atoms with Crippen LogP contribution in [0.4, 0.5) is 5.13 Å². The molecular weight excluding hydrogens is 376 g/mol. The highest BCUT2D eigenvalue weighted by Gasteiger charge is 2.14. The Morgan fingerprint density at radius 2 is 2.10 bits per heavy atom. The van der Waals surface area contributed by atoms with E-state index >= 15 is 0 Å². The van der Waals surface area contributed by atoms with Gasteiger partial charge < -0.3 is 5.11 Å². The number of halogens is 2. The average molecular weight is 384 g/mol. The number of aromatic hydroxyl groups is 1. The number of phenolic OH excluding ortho intramolecular Hbond substituents is 1. The summed E-state index contributed by atoms with van der Waals surface area (Å²) >= 11 is 10.5. The fourth-order valence-electron chi connectivity index (χ4n) is 1.81. The summed E-state index contributed by atoms with van der Waals surface area (Å²) in [6, 6.07) is 9.99. The molecule has 2 N–H and O–H groups in total. The number of nitrogens with one attached hydrogen (secondary N) is 1. The van der Waals surface area contributed by atoms with Gasteiger partial charge in [0.2, 0.25) is 0 Å². The monoisotopic (exact) mass is 382 g/mol. The molecule has 1 heterocycles. The Hall–Kier alpha value is -1.63. The number of phenols is 1. The Balaban J connectivity index is 1.90. The summed E-state index contributed by atoms with van der Waals surface area (Å²) in [6.07, 6.45) is 0. The molecule has 0 atom stereocenters. The lowest BCUT2D eigenvalue weighted by Crippen LogP contribution is -2.11. The van der Waals surface area contributed by atoms with Gasteiger partial charge in [0.05, 0.1) is 15.8 Å². The summed E-state index contributed by atoms with van der Waals surface area (Å²) in [6.45, 7) is 0. The molecule has 1 amide bonds. The van der Waals surface area contributed by atoms with E-state index in [0.717, 1.165) is 10.2 Å². The number of benzene rings is 2. The SMILES string of the molecule is O=C(Nc1nc2ccc(Cl)cc2s1)c1cc(Br)ccc1O. The molecule has 0 radical (unpaired) electrons. The second-order valence-electron chi connectivity index (χ2n) is 4.25. The molecule has 0 fully saturated rings. The number of carbonyl (C=O) groups is 1. The quantitative estimate of drug-likeness (QED) is 0.676. The van der Waals surface area contributed by atoms with Crippen molar-refractivity contribution in [1.29, 1.82) is 0 Å². The summed E-state index contributed by atoms with van der Waals surface area (Å²) in [5.41, 5.74) is 0.944. The molecule has 0 saturated carbocycles. The van der Waals surface area contributed by atoms with Gasteiger partial charge in [0.15, 0.2) is 5.13 Å². The number of rotatable bonds is 2. The summed E-state index contributed by atoms with van der Waals surface area (Å²) < 4.78 is 1.60. The van der Waals surface area contributed by atoms with E-state index in [0.29, 0.717) is 14.6 Å². The Kier molecular flexibility index (Phi) is 3.84. The zero-order valence-corrected chi connectivity index (χ0v) is 13.6. The van der Waals surface area contributed by atoms with E-state index in [9.17, 15) is 9.90 Å². The number of anilines is 1. The van der Waals surface area contributed by atoms with Crippen molar-refractivity contribution in [1.82, 2.24) is 4.98 Å². The molecular formula is C14H8BrClN2O2S. The number of amides is 1. The second kappa shape index (κ2) is 5.63. The molecule has 0 aliphatic carbocycles. The molecule has 0 bridgehead atoms. The highest BCUT2D eigenvalue weighted by molar-refractivity contribution is 9.10. The fraction of sp³-hybridized carbons (Fsp3) is 0. The van der Waals surface area contributed by atoms with E-state index < -0.39 is 5.91 Å². The minimum atomic E-state index is -0.418. The van der Waals surface area contributed by atoms with Crippen LogP contribution in [0.2, 0.25) is 5.02 Å². The van der Waals surface area contributed by atoms with Crippen molar-refractivity contribution in [2.75, 3.05) is 5.32 Å². The number of hydrogen-bond donors (Lipinski definition) is 2. The highest BCUT2D eigenvalue weighted by Crippen LogP contribution is 2.29. The van der Waals surface area contributed by atoms with Crippen molar-refractivity contribution in [3.05, 3.63) is 51.5 Å². The lowest BCUT2D eigenvalue weighted by molar-refractivity contribution is 0.102. The van der Waals surface area contributed by atoms with Crippen molar-refractivity contribution in [2.45, 2.75) is 0 Å². The van der Waals surface area contributed by atoms with Gasteiger partial charge in [-0.15, -0.1) is 0 Å². The number of fused-ring (bicyclic) bond motifs is 1. The van der Waals surface area contributed by atoms with Crippen molar-refractivity contribution in [3.8, 4) is 5.75 Å². The van der Waals surface area contributed by atoms with Crippen LogP contribution in [0, 0.1) is 0 Å². The highest BCUT2D eigenvalue weighted by atomic mass is 79.9. The maximum absolute atomic E-state index is 12.2. The molecule has 0 spiro atoms. The topological polar surface area (TPSA) is 62.2 Å².